The number of ether oxygens (including phenoxy) is 6. The van der Waals surface area contributed by atoms with E-state index in [1.807, 2.05) is 76.2 Å². The first kappa shape index (κ1) is 34.2. The molecule has 0 aromatic heterocycles. The predicted molar refractivity (Wildman–Crippen MR) is 133 cm³/mol. The Kier molecular flexibility index (Phi) is 15.3. The maximum atomic E-state index is 6.08. The molecule has 2 heterocycles. The molecule has 0 N–H and O–H groups in total. The van der Waals surface area contributed by atoms with Gasteiger partial charge in [0.05, 0.1) is 19.6 Å². The van der Waals surface area contributed by atoms with Crippen LogP contribution in [0.3, 0.4) is 0 Å². The number of rotatable bonds is 12. The molecule has 2 aromatic rings. The summed E-state index contributed by atoms with van der Waals surface area (Å²) in [5, 5.41) is 0. The van der Waals surface area contributed by atoms with Gasteiger partial charge in [-0.25, -0.2) is 9.98 Å². The molecule has 0 aliphatic carbocycles. The van der Waals surface area contributed by atoms with Crippen molar-refractivity contribution in [2.24, 2.45) is 9.98 Å². The van der Waals surface area contributed by atoms with Crippen LogP contribution in [0.25, 0.3) is 0 Å². The van der Waals surface area contributed by atoms with E-state index in [4.69, 9.17) is 38.4 Å². The third kappa shape index (κ3) is 8.57. The molecule has 0 radical (unpaired) electrons. The number of nitrogens with zero attached hydrogens (tertiary/aromatic N) is 2. The summed E-state index contributed by atoms with van der Waals surface area (Å²) in [5.74, 6) is 2.63. The van der Waals surface area contributed by atoms with Gasteiger partial charge in [-0.3, -0.25) is 0 Å². The molecule has 38 heavy (non-hydrogen) atoms. The fourth-order valence-corrected chi connectivity index (χ4v) is 4.15. The van der Waals surface area contributed by atoms with E-state index in [1.54, 1.807) is 0 Å². The van der Waals surface area contributed by atoms with Crippen LogP contribution in [0.5, 0.6) is 11.5 Å². The number of hydrogen-bond acceptors (Lipinski definition) is 8. The third-order valence-electron chi connectivity index (χ3n) is 5.57. The second kappa shape index (κ2) is 17.0. The van der Waals surface area contributed by atoms with Gasteiger partial charge < -0.3 is 53.2 Å². The Balaban J connectivity index is 0.00000241. The van der Waals surface area contributed by atoms with E-state index >= 15 is 0 Å². The smallest absolute Gasteiger partial charge is 1.00 e. The summed E-state index contributed by atoms with van der Waals surface area (Å²) in [6.45, 7) is 10.0. The summed E-state index contributed by atoms with van der Waals surface area (Å²) in [6.07, 6.45) is -0.721. The monoisotopic (exact) mass is 658 g/mol. The van der Waals surface area contributed by atoms with E-state index in [0.29, 0.717) is 44.6 Å². The van der Waals surface area contributed by atoms with Crippen molar-refractivity contribution < 1.29 is 73.7 Å². The number of benzene rings is 2. The standard InChI is InChI=1S/C27H34N2O6.2ClH.Pd/c1-5-30-20-13-9-11-18(15-20)24-26(32-7-3)34-22(28-24)17-23-29-25(27(35-23)33-8-4)19-12-10-14-21(16-19)31-6-2;;;/h9-16,24-27H,5-8,17H2,1-4H3;2*1H;/q;;;+2/p-2/t24-,25-,26?,27?;;;/m1.../s1. The topological polar surface area (TPSA) is 80.1 Å². The zero-order chi connectivity index (χ0) is 24.6. The molecule has 0 saturated carbocycles. The molecular weight excluding hydrogens is 626 g/mol. The van der Waals surface area contributed by atoms with Gasteiger partial charge >= 0.3 is 20.4 Å². The Bertz CT molecular complexity index is 976. The molecule has 8 nitrogen and oxygen atoms in total. The van der Waals surface area contributed by atoms with Crippen molar-refractivity contribution in [2.75, 3.05) is 26.4 Å². The van der Waals surface area contributed by atoms with Crippen molar-refractivity contribution in [1.29, 1.82) is 0 Å². The van der Waals surface area contributed by atoms with Gasteiger partial charge in [-0.1, -0.05) is 24.3 Å². The van der Waals surface area contributed by atoms with Crippen LogP contribution in [0.4, 0.5) is 0 Å². The predicted octanol–water partition coefficient (Wildman–Crippen LogP) is -0.755. The molecule has 0 saturated heterocycles. The molecule has 2 aliphatic heterocycles. The van der Waals surface area contributed by atoms with Gasteiger partial charge in [-0.2, -0.15) is 0 Å². The summed E-state index contributed by atoms with van der Waals surface area (Å²) < 4.78 is 35.2. The third-order valence-corrected chi connectivity index (χ3v) is 5.57. The zero-order valence-electron chi connectivity index (χ0n) is 21.9. The van der Waals surface area contributed by atoms with Crippen LogP contribution < -0.4 is 34.3 Å². The van der Waals surface area contributed by atoms with Crippen LogP contribution >= 0.6 is 0 Å². The summed E-state index contributed by atoms with van der Waals surface area (Å²) in [4.78, 5) is 9.65. The Labute approximate surface area is 251 Å². The number of hydrogen-bond donors (Lipinski definition) is 0. The van der Waals surface area contributed by atoms with Crippen LogP contribution in [0.2, 0.25) is 0 Å². The maximum absolute atomic E-state index is 6.08. The zero-order valence-corrected chi connectivity index (χ0v) is 24.9. The SMILES string of the molecule is CCOc1cccc([C@H]2N=C(CC3=N[C@H](c4cccc(OCC)c4)C(OCC)O3)OC2OCC)c1.[Cl-].[Cl-].[Pd+2]. The fraction of sp³-hybridized carbons (Fsp3) is 0.481. The first-order valence-corrected chi connectivity index (χ1v) is 12.3. The normalized spacial score (nSPS) is 21.5. The molecule has 0 bridgehead atoms. The van der Waals surface area contributed by atoms with Crippen molar-refractivity contribution in [3.63, 3.8) is 0 Å². The summed E-state index contributed by atoms with van der Waals surface area (Å²) in [6, 6.07) is 15.1. The van der Waals surface area contributed by atoms with E-state index in [0.717, 1.165) is 22.6 Å². The largest absolute Gasteiger partial charge is 2.00 e. The van der Waals surface area contributed by atoms with Crippen LogP contribution in [0.15, 0.2) is 58.5 Å². The van der Waals surface area contributed by atoms with Gasteiger partial charge in [0, 0.05) is 13.2 Å². The molecule has 4 rings (SSSR count). The van der Waals surface area contributed by atoms with Crippen LogP contribution in [0, 0.1) is 0 Å². The van der Waals surface area contributed by atoms with E-state index in [9.17, 15) is 0 Å². The van der Waals surface area contributed by atoms with Crippen LogP contribution in [0.1, 0.15) is 57.3 Å². The molecule has 11 heteroatoms. The Hall–Kier alpha value is -1.86. The number of halogens is 2. The van der Waals surface area contributed by atoms with Gasteiger partial charge in [0.1, 0.15) is 23.6 Å². The minimum atomic E-state index is -0.518. The van der Waals surface area contributed by atoms with E-state index in [-0.39, 0.29) is 57.3 Å². The molecule has 0 amide bonds. The average molecular weight is 660 g/mol. The molecule has 2 unspecified atom stereocenters. The minimum Gasteiger partial charge on any atom is -1.00 e. The summed E-state index contributed by atoms with van der Waals surface area (Å²) >= 11 is 0. The van der Waals surface area contributed by atoms with Crippen LogP contribution in [-0.2, 0) is 39.4 Å². The van der Waals surface area contributed by atoms with E-state index in [1.165, 1.54) is 0 Å². The van der Waals surface area contributed by atoms with Gasteiger partial charge in [0.2, 0.25) is 12.6 Å². The summed E-state index contributed by atoms with van der Waals surface area (Å²) in [5.41, 5.74) is 1.94. The van der Waals surface area contributed by atoms with Crippen molar-refractivity contribution in [3.8, 4) is 11.5 Å². The molecule has 212 valence electrons. The second-order valence-corrected chi connectivity index (χ2v) is 8.01. The Morgan fingerprint density at radius 3 is 1.45 bits per heavy atom. The second-order valence-electron chi connectivity index (χ2n) is 8.01. The van der Waals surface area contributed by atoms with E-state index < -0.39 is 12.6 Å². The molecule has 0 spiro atoms. The van der Waals surface area contributed by atoms with Gasteiger partial charge in [0.25, 0.3) is 0 Å². The molecule has 2 aliphatic rings. The van der Waals surface area contributed by atoms with Gasteiger partial charge in [-0.15, -0.1) is 0 Å². The maximum Gasteiger partial charge on any atom is 2.00 e. The van der Waals surface area contributed by atoms with Crippen molar-refractivity contribution in [2.45, 2.75) is 58.8 Å². The molecule has 4 atom stereocenters. The Morgan fingerprint density at radius 1 is 0.658 bits per heavy atom. The van der Waals surface area contributed by atoms with Crippen molar-refractivity contribution in [3.05, 3.63) is 59.7 Å². The molecular formula is C27H34Cl2N2O6Pd. The summed E-state index contributed by atoms with van der Waals surface area (Å²) in [7, 11) is 0. The number of aliphatic imine (C=N–C) groups is 2. The van der Waals surface area contributed by atoms with Crippen LogP contribution in [-0.4, -0.2) is 50.8 Å². The Morgan fingerprint density at radius 2 is 1.08 bits per heavy atom. The van der Waals surface area contributed by atoms with Gasteiger partial charge in [0.15, 0.2) is 11.8 Å². The van der Waals surface area contributed by atoms with Crippen molar-refractivity contribution in [1.82, 2.24) is 0 Å². The molecule has 2 aromatic carbocycles. The van der Waals surface area contributed by atoms with Crippen molar-refractivity contribution >= 4 is 11.8 Å². The fourth-order valence-electron chi connectivity index (χ4n) is 4.15. The molecule has 0 fully saturated rings. The first-order chi connectivity index (χ1) is 17.1. The van der Waals surface area contributed by atoms with E-state index in [2.05, 4.69) is 0 Å². The quantitative estimate of drug-likeness (QED) is 0.279. The average Bonchev–Trinajstić information content (AvgIpc) is 3.44. The minimum absolute atomic E-state index is 0. The first-order valence-electron chi connectivity index (χ1n) is 12.3. The van der Waals surface area contributed by atoms with Gasteiger partial charge in [-0.05, 0) is 63.1 Å².